The van der Waals surface area contributed by atoms with Crippen molar-refractivity contribution in [2.24, 2.45) is 0 Å². The van der Waals surface area contributed by atoms with E-state index in [1.807, 2.05) is 30.3 Å². The Morgan fingerprint density at radius 1 is 1.29 bits per heavy atom. The van der Waals surface area contributed by atoms with E-state index in [-0.39, 0.29) is 18.6 Å². The van der Waals surface area contributed by atoms with E-state index in [1.54, 1.807) is 6.20 Å². The highest BCUT2D eigenvalue weighted by atomic mass is 16.5. The van der Waals surface area contributed by atoms with Crippen molar-refractivity contribution in [2.75, 3.05) is 25.0 Å². The van der Waals surface area contributed by atoms with Crippen LogP contribution in [0.3, 0.4) is 0 Å². The quantitative estimate of drug-likeness (QED) is 0.901. The normalized spacial score (nSPS) is 16.0. The van der Waals surface area contributed by atoms with Crippen LogP contribution in [0.5, 0.6) is 0 Å². The molecular weight excluding hydrogens is 266 g/mol. The summed E-state index contributed by atoms with van der Waals surface area (Å²) in [5.74, 6) is -0.133. The van der Waals surface area contributed by atoms with Gasteiger partial charge in [-0.3, -0.25) is 9.78 Å². The number of fused-ring (bicyclic) bond motifs is 1. The van der Waals surface area contributed by atoms with E-state index < -0.39 is 0 Å². The van der Waals surface area contributed by atoms with Crippen LogP contribution in [0.15, 0.2) is 36.5 Å². The van der Waals surface area contributed by atoms with Gasteiger partial charge in [-0.1, -0.05) is 18.2 Å². The molecule has 0 radical (unpaired) electrons. The van der Waals surface area contributed by atoms with E-state index in [0.717, 1.165) is 42.5 Å². The Balaban J connectivity index is 1.61. The van der Waals surface area contributed by atoms with Crippen molar-refractivity contribution in [2.45, 2.75) is 18.9 Å². The number of benzene rings is 1. The van der Waals surface area contributed by atoms with Crippen LogP contribution < -0.4 is 10.6 Å². The molecule has 2 N–H and O–H groups in total. The van der Waals surface area contributed by atoms with Crippen molar-refractivity contribution in [1.82, 2.24) is 10.3 Å². The van der Waals surface area contributed by atoms with Crippen LogP contribution in [0.2, 0.25) is 0 Å². The molecule has 21 heavy (non-hydrogen) atoms. The summed E-state index contributed by atoms with van der Waals surface area (Å²) in [6, 6.07) is 9.60. The third kappa shape index (κ3) is 3.56. The lowest BCUT2D eigenvalue weighted by Crippen LogP contribution is -2.34. The Morgan fingerprint density at radius 3 is 2.95 bits per heavy atom. The molecule has 1 amide bonds. The molecule has 1 saturated heterocycles. The third-order valence-corrected chi connectivity index (χ3v) is 3.64. The molecular formula is C16H19N3O2. The molecule has 1 aromatic carbocycles. The molecule has 2 aromatic rings. The Morgan fingerprint density at radius 2 is 2.10 bits per heavy atom. The Labute approximate surface area is 123 Å². The smallest absolute Gasteiger partial charge is 0.250 e. The van der Waals surface area contributed by atoms with Gasteiger partial charge in [0.25, 0.3) is 0 Å². The number of amides is 1. The van der Waals surface area contributed by atoms with Crippen molar-refractivity contribution in [3.63, 3.8) is 0 Å². The molecule has 5 nitrogen and oxygen atoms in total. The van der Waals surface area contributed by atoms with Gasteiger partial charge in [0.2, 0.25) is 5.91 Å². The van der Waals surface area contributed by atoms with Gasteiger partial charge in [0.15, 0.2) is 0 Å². The molecule has 1 aromatic heterocycles. The second kappa shape index (κ2) is 6.65. The van der Waals surface area contributed by atoms with Gasteiger partial charge >= 0.3 is 0 Å². The topological polar surface area (TPSA) is 63.2 Å². The molecule has 2 heterocycles. The zero-order chi connectivity index (χ0) is 14.5. The molecule has 0 spiro atoms. The maximum Gasteiger partial charge on any atom is 0.250 e. The summed E-state index contributed by atoms with van der Waals surface area (Å²) in [6.45, 7) is 2.01. The molecule has 110 valence electrons. The predicted molar refractivity (Wildman–Crippen MR) is 82.2 cm³/mol. The highest BCUT2D eigenvalue weighted by Crippen LogP contribution is 2.20. The zero-order valence-electron chi connectivity index (χ0n) is 11.8. The van der Waals surface area contributed by atoms with E-state index in [1.165, 1.54) is 0 Å². The molecule has 0 bridgehead atoms. The Bertz CT molecular complexity index is 618. The minimum Gasteiger partial charge on any atom is -0.368 e. The maximum atomic E-state index is 12.0. The number of piperidine rings is 1. The minimum absolute atomic E-state index is 0.0912. The van der Waals surface area contributed by atoms with Gasteiger partial charge in [-0.15, -0.1) is 0 Å². The van der Waals surface area contributed by atoms with Crippen LogP contribution in [0.1, 0.15) is 12.8 Å². The summed E-state index contributed by atoms with van der Waals surface area (Å²) in [5, 5.41) is 7.16. The summed E-state index contributed by atoms with van der Waals surface area (Å²) < 4.78 is 5.66. The van der Waals surface area contributed by atoms with Gasteiger partial charge in [0, 0.05) is 11.6 Å². The van der Waals surface area contributed by atoms with Crippen LogP contribution in [0.4, 0.5) is 5.69 Å². The van der Waals surface area contributed by atoms with Gasteiger partial charge in [0.1, 0.15) is 6.61 Å². The van der Waals surface area contributed by atoms with Gasteiger partial charge in [-0.2, -0.15) is 0 Å². The van der Waals surface area contributed by atoms with E-state index in [0.29, 0.717) is 0 Å². The number of aromatic nitrogens is 1. The van der Waals surface area contributed by atoms with E-state index in [4.69, 9.17) is 4.74 Å². The first kappa shape index (κ1) is 14.0. The molecule has 0 aliphatic carbocycles. The average Bonchev–Trinajstić information content (AvgIpc) is 2.54. The van der Waals surface area contributed by atoms with Crippen LogP contribution in [0, 0.1) is 0 Å². The van der Waals surface area contributed by atoms with Crippen molar-refractivity contribution in [3.8, 4) is 0 Å². The summed E-state index contributed by atoms with van der Waals surface area (Å²) in [6.07, 6.45) is 3.83. The standard InChI is InChI=1S/C16H19N3O2/c20-15(11-21-13-6-9-17-10-7-13)19-14-5-1-3-12-4-2-8-18-16(12)14/h1-5,8,13,17H,6-7,9-11H2,(H,19,20). The average molecular weight is 285 g/mol. The first-order valence-corrected chi connectivity index (χ1v) is 7.29. The number of pyridine rings is 1. The van der Waals surface area contributed by atoms with Crippen molar-refractivity contribution >= 4 is 22.5 Å². The highest BCUT2D eigenvalue weighted by molar-refractivity contribution is 6.00. The lowest BCUT2D eigenvalue weighted by Gasteiger charge is -2.22. The number of hydrogen-bond donors (Lipinski definition) is 2. The molecule has 1 aliphatic heterocycles. The van der Waals surface area contributed by atoms with Crippen molar-refractivity contribution < 1.29 is 9.53 Å². The van der Waals surface area contributed by atoms with E-state index >= 15 is 0 Å². The predicted octanol–water partition coefficient (Wildman–Crippen LogP) is 1.94. The first-order chi connectivity index (χ1) is 10.3. The number of para-hydroxylation sites is 1. The SMILES string of the molecule is O=C(COC1CCNCC1)Nc1cccc2cccnc12. The van der Waals surface area contributed by atoms with Gasteiger partial charge in [-0.25, -0.2) is 0 Å². The second-order valence-electron chi connectivity index (χ2n) is 5.19. The van der Waals surface area contributed by atoms with E-state index in [2.05, 4.69) is 15.6 Å². The van der Waals surface area contributed by atoms with E-state index in [9.17, 15) is 4.79 Å². The summed E-state index contributed by atoms with van der Waals surface area (Å²) >= 11 is 0. The second-order valence-corrected chi connectivity index (χ2v) is 5.19. The first-order valence-electron chi connectivity index (χ1n) is 7.29. The monoisotopic (exact) mass is 285 g/mol. The summed E-state index contributed by atoms with van der Waals surface area (Å²) in [5.41, 5.74) is 1.53. The van der Waals surface area contributed by atoms with Crippen LogP contribution in [0.25, 0.3) is 10.9 Å². The van der Waals surface area contributed by atoms with Crippen molar-refractivity contribution in [1.29, 1.82) is 0 Å². The molecule has 1 fully saturated rings. The third-order valence-electron chi connectivity index (χ3n) is 3.64. The fourth-order valence-corrected chi connectivity index (χ4v) is 2.55. The lowest BCUT2D eigenvalue weighted by molar-refractivity contribution is -0.123. The number of carbonyl (C=O) groups is 1. The van der Waals surface area contributed by atoms with Gasteiger partial charge < -0.3 is 15.4 Å². The van der Waals surface area contributed by atoms with Gasteiger partial charge in [0.05, 0.1) is 17.3 Å². The Kier molecular flexibility index (Phi) is 4.43. The largest absolute Gasteiger partial charge is 0.368 e. The fraction of sp³-hybridized carbons (Fsp3) is 0.375. The highest BCUT2D eigenvalue weighted by Gasteiger charge is 2.15. The van der Waals surface area contributed by atoms with Crippen LogP contribution in [-0.2, 0) is 9.53 Å². The number of carbonyl (C=O) groups excluding carboxylic acids is 1. The Hall–Kier alpha value is -1.98. The maximum absolute atomic E-state index is 12.0. The van der Waals surface area contributed by atoms with Crippen LogP contribution in [-0.4, -0.2) is 36.7 Å². The summed E-state index contributed by atoms with van der Waals surface area (Å²) in [7, 11) is 0. The van der Waals surface area contributed by atoms with Crippen LogP contribution >= 0.6 is 0 Å². The number of hydrogen-bond acceptors (Lipinski definition) is 4. The molecule has 0 atom stereocenters. The number of anilines is 1. The summed E-state index contributed by atoms with van der Waals surface area (Å²) in [4.78, 5) is 16.3. The number of rotatable bonds is 4. The van der Waals surface area contributed by atoms with Gasteiger partial charge in [-0.05, 0) is 38.1 Å². The zero-order valence-corrected chi connectivity index (χ0v) is 11.8. The van der Waals surface area contributed by atoms with Crippen molar-refractivity contribution in [3.05, 3.63) is 36.5 Å². The fourth-order valence-electron chi connectivity index (χ4n) is 2.55. The lowest BCUT2D eigenvalue weighted by atomic mass is 10.1. The molecule has 3 rings (SSSR count). The molecule has 1 aliphatic rings. The molecule has 0 unspecified atom stereocenters. The number of nitrogens with one attached hydrogen (secondary N) is 2. The number of ether oxygens (including phenoxy) is 1. The minimum atomic E-state index is -0.133. The number of nitrogens with zero attached hydrogens (tertiary/aromatic N) is 1. The molecule has 5 heteroatoms. The molecule has 0 saturated carbocycles.